The van der Waals surface area contributed by atoms with Gasteiger partial charge in [-0.3, -0.25) is 4.79 Å². The molecule has 0 unspecified atom stereocenters. The maximum atomic E-state index is 11.9. The van der Waals surface area contributed by atoms with Crippen molar-refractivity contribution in [3.8, 4) is 0 Å². The molecule has 0 aliphatic carbocycles. The van der Waals surface area contributed by atoms with E-state index >= 15 is 0 Å². The minimum absolute atomic E-state index is 0.0697. The molecule has 5 heteroatoms. The van der Waals surface area contributed by atoms with Crippen LogP contribution in [0.2, 0.25) is 0 Å². The lowest BCUT2D eigenvalue weighted by Gasteiger charge is -2.30. The van der Waals surface area contributed by atoms with Crippen LogP contribution in [-0.4, -0.2) is 43.3 Å². The number of carbonyl (C=O) groups excluding carboxylic acids is 2. The van der Waals surface area contributed by atoms with Crippen molar-refractivity contribution in [3.05, 3.63) is 0 Å². The average molecular weight is 285 g/mol. The van der Waals surface area contributed by atoms with Gasteiger partial charge in [0.2, 0.25) is 0 Å². The third-order valence-electron chi connectivity index (χ3n) is 3.52. The first-order valence-corrected chi connectivity index (χ1v) is 7.63. The number of carbonyl (C=O) groups is 2. The molecule has 1 amide bonds. The molecule has 0 aromatic carbocycles. The Labute approximate surface area is 121 Å². The van der Waals surface area contributed by atoms with Gasteiger partial charge in [0.25, 0.3) is 0 Å². The van der Waals surface area contributed by atoms with Crippen LogP contribution in [-0.2, 0) is 14.3 Å². The molecule has 1 aliphatic heterocycles. The number of nitrogens with zero attached hydrogens (tertiary/aromatic N) is 1. The molecule has 20 heavy (non-hydrogen) atoms. The Hall–Kier alpha value is -1.26. The fraction of sp³-hybridized carbons (Fsp3) is 0.867. The topological polar surface area (TPSA) is 55.8 Å². The molecular weight excluding hydrogens is 258 g/mol. The monoisotopic (exact) mass is 285 g/mol. The van der Waals surface area contributed by atoms with Crippen LogP contribution in [0.15, 0.2) is 0 Å². The molecule has 1 aliphatic rings. The fourth-order valence-electron chi connectivity index (χ4n) is 2.29. The summed E-state index contributed by atoms with van der Waals surface area (Å²) in [5.41, 5.74) is 0. The molecule has 1 fully saturated rings. The van der Waals surface area contributed by atoms with E-state index in [4.69, 9.17) is 9.47 Å². The van der Waals surface area contributed by atoms with Crippen molar-refractivity contribution >= 4 is 12.1 Å². The van der Waals surface area contributed by atoms with E-state index in [2.05, 4.69) is 13.8 Å². The van der Waals surface area contributed by atoms with Crippen LogP contribution in [0.3, 0.4) is 0 Å². The van der Waals surface area contributed by atoms with Crippen LogP contribution in [0, 0.1) is 11.8 Å². The van der Waals surface area contributed by atoms with Crippen LogP contribution in [0.25, 0.3) is 0 Å². The summed E-state index contributed by atoms with van der Waals surface area (Å²) < 4.78 is 10.3. The van der Waals surface area contributed by atoms with E-state index in [0.29, 0.717) is 45.1 Å². The average Bonchev–Trinajstić information content (AvgIpc) is 2.43. The number of ether oxygens (including phenoxy) is 2. The lowest BCUT2D eigenvalue weighted by Crippen LogP contribution is -2.41. The molecule has 0 N–H and O–H groups in total. The number of likely N-dealkylation sites (tertiary alicyclic amines) is 1. The normalized spacial score (nSPS) is 16.3. The molecule has 1 saturated heterocycles. The Kier molecular flexibility index (Phi) is 7.41. The van der Waals surface area contributed by atoms with Crippen molar-refractivity contribution in [3.63, 3.8) is 0 Å². The van der Waals surface area contributed by atoms with Crippen LogP contribution in [0.5, 0.6) is 0 Å². The van der Waals surface area contributed by atoms with Gasteiger partial charge in [-0.15, -0.1) is 0 Å². The SMILES string of the molecule is CCOC(=O)N1CCC(C(=O)OCCCC(C)C)CC1. The maximum Gasteiger partial charge on any atom is 0.409 e. The van der Waals surface area contributed by atoms with Gasteiger partial charge in [0.05, 0.1) is 19.1 Å². The first kappa shape index (κ1) is 16.8. The van der Waals surface area contributed by atoms with Crippen molar-refractivity contribution < 1.29 is 19.1 Å². The van der Waals surface area contributed by atoms with Gasteiger partial charge in [-0.25, -0.2) is 4.79 Å². The quantitative estimate of drug-likeness (QED) is 0.556. The third kappa shape index (κ3) is 5.80. The zero-order chi connectivity index (χ0) is 15.0. The Morgan fingerprint density at radius 1 is 1.20 bits per heavy atom. The molecule has 0 atom stereocenters. The Morgan fingerprint density at radius 2 is 1.85 bits per heavy atom. The zero-order valence-electron chi connectivity index (χ0n) is 12.9. The minimum Gasteiger partial charge on any atom is -0.465 e. The third-order valence-corrected chi connectivity index (χ3v) is 3.52. The number of hydrogen-bond donors (Lipinski definition) is 0. The molecular formula is C15H27NO4. The van der Waals surface area contributed by atoms with E-state index in [1.54, 1.807) is 11.8 Å². The van der Waals surface area contributed by atoms with Gasteiger partial charge < -0.3 is 14.4 Å². The zero-order valence-corrected chi connectivity index (χ0v) is 12.9. The number of hydrogen-bond acceptors (Lipinski definition) is 4. The summed E-state index contributed by atoms with van der Waals surface area (Å²) in [7, 11) is 0. The smallest absolute Gasteiger partial charge is 0.409 e. The van der Waals surface area contributed by atoms with Gasteiger partial charge in [-0.2, -0.15) is 0 Å². The molecule has 0 aromatic heterocycles. The lowest BCUT2D eigenvalue weighted by atomic mass is 9.97. The summed E-state index contributed by atoms with van der Waals surface area (Å²) in [6.07, 6.45) is 3.06. The molecule has 5 nitrogen and oxygen atoms in total. The Balaban J connectivity index is 2.20. The van der Waals surface area contributed by atoms with Gasteiger partial charge in [0.15, 0.2) is 0 Å². The van der Waals surface area contributed by atoms with Crippen LogP contribution in [0.1, 0.15) is 46.5 Å². The lowest BCUT2D eigenvalue weighted by molar-refractivity contribution is -0.150. The van der Waals surface area contributed by atoms with Crippen molar-refractivity contribution in [2.75, 3.05) is 26.3 Å². The molecule has 1 heterocycles. The minimum atomic E-state index is -0.281. The largest absolute Gasteiger partial charge is 0.465 e. The van der Waals surface area contributed by atoms with Gasteiger partial charge >= 0.3 is 12.1 Å². The summed E-state index contributed by atoms with van der Waals surface area (Å²) >= 11 is 0. The maximum absolute atomic E-state index is 11.9. The predicted molar refractivity (Wildman–Crippen MR) is 76.4 cm³/mol. The van der Waals surface area contributed by atoms with E-state index < -0.39 is 0 Å². The molecule has 1 rings (SSSR count). The summed E-state index contributed by atoms with van der Waals surface area (Å²) in [6.45, 7) is 8.15. The molecule has 116 valence electrons. The van der Waals surface area contributed by atoms with E-state index in [1.165, 1.54) is 0 Å². The van der Waals surface area contributed by atoms with Crippen molar-refractivity contribution in [1.82, 2.24) is 4.90 Å². The highest BCUT2D eigenvalue weighted by Crippen LogP contribution is 2.19. The van der Waals surface area contributed by atoms with Crippen LogP contribution < -0.4 is 0 Å². The number of amides is 1. The van der Waals surface area contributed by atoms with Gasteiger partial charge in [0, 0.05) is 13.1 Å². The number of piperidine rings is 1. The Bertz CT molecular complexity index is 309. The van der Waals surface area contributed by atoms with E-state index in [0.717, 1.165) is 12.8 Å². The van der Waals surface area contributed by atoms with Crippen LogP contribution in [0.4, 0.5) is 4.79 Å². The molecule has 0 saturated carbocycles. The highest BCUT2D eigenvalue weighted by atomic mass is 16.6. The second-order valence-corrected chi connectivity index (χ2v) is 5.66. The van der Waals surface area contributed by atoms with Crippen molar-refractivity contribution in [1.29, 1.82) is 0 Å². The fourth-order valence-corrected chi connectivity index (χ4v) is 2.29. The predicted octanol–water partition coefficient (Wildman–Crippen LogP) is 2.83. The number of esters is 1. The first-order valence-electron chi connectivity index (χ1n) is 7.63. The van der Waals surface area contributed by atoms with Gasteiger partial charge in [-0.05, 0) is 38.5 Å². The molecule has 0 aromatic rings. The highest BCUT2D eigenvalue weighted by molar-refractivity contribution is 5.73. The summed E-state index contributed by atoms with van der Waals surface area (Å²) in [5.74, 6) is 0.457. The van der Waals surface area contributed by atoms with Gasteiger partial charge in [-0.1, -0.05) is 13.8 Å². The summed E-state index contributed by atoms with van der Waals surface area (Å²) in [4.78, 5) is 25.1. The Morgan fingerprint density at radius 3 is 2.40 bits per heavy atom. The van der Waals surface area contributed by atoms with Crippen molar-refractivity contribution in [2.24, 2.45) is 11.8 Å². The van der Waals surface area contributed by atoms with Gasteiger partial charge in [0.1, 0.15) is 0 Å². The standard InChI is InChI=1S/C15H27NO4/c1-4-19-15(18)16-9-7-13(8-10-16)14(17)20-11-5-6-12(2)3/h12-13H,4-11H2,1-3H3. The highest BCUT2D eigenvalue weighted by Gasteiger charge is 2.28. The molecule has 0 spiro atoms. The summed E-state index contributed by atoms with van der Waals surface area (Å²) in [6, 6.07) is 0. The summed E-state index contributed by atoms with van der Waals surface area (Å²) in [5, 5.41) is 0. The second-order valence-electron chi connectivity index (χ2n) is 5.66. The second kappa shape index (κ2) is 8.82. The van der Waals surface area contributed by atoms with Crippen LogP contribution >= 0.6 is 0 Å². The first-order chi connectivity index (χ1) is 9.54. The van der Waals surface area contributed by atoms with E-state index in [-0.39, 0.29) is 18.0 Å². The molecule has 0 radical (unpaired) electrons. The van der Waals surface area contributed by atoms with Crippen molar-refractivity contribution in [2.45, 2.75) is 46.5 Å². The number of rotatable bonds is 6. The molecule has 0 bridgehead atoms. The van der Waals surface area contributed by atoms with E-state index in [9.17, 15) is 9.59 Å². The van der Waals surface area contributed by atoms with E-state index in [1.807, 2.05) is 0 Å².